The van der Waals surface area contributed by atoms with Crippen LogP contribution in [0.3, 0.4) is 0 Å². The molecule has 0 unspecified atom stereocenters. The van der Waals surface area contributed by atoms with Crippen LogP contribution in [0.2, 0.25) is 18.1 Å². The smallest absolute Gasteiger partial charge is 0.485 e. The Kier molecular flexibility index (Phi) is 7.13. The summed E-state index contributed by atoms with van der Waals surface area (Å²) >= 11 is 0. The van der Waals surface area contributed by atoms with Gasteiger partial charge in [0.25, 0.3) is 5.71 Å². The van der Waals surface area contributed by atoms with Crippen molar-refractivity contribution in [2.45, 2.75) is 64.2 Å². The molecule has 0 spiro atoms. The first-order chi connectivity index (χ1) is 9.99. The maximum absolute atomic E-state index is 10.7. The fraction of sp³-hybridized carbons (Fsp3) is 0.917. The van der Waals surface area contributed by atoms with Crippen molar-refractivity contribution < 1.29 is 40.4 Å². The molecule has 0 aliphatic carbocycles. The molecule has 0 saturated carbocycles. The molecule has 0 bridgehead atoms. The SMILES string of the molecule is CC1=[N+](O[Si](C)(C)C(C)(C)C)OCCC1.O=S(=O)([O-])C(F)(F)F. The largest absolute Gasteiger partial charge is 0.741 e. The lowest BCUT2D eigenvalue weighted by Crippen LogP contribution is -2.45. The Morgan fingerprint density at radius 2 is 1.70 bits per heavy atom. The number of hydrogen-bond acceptors (Lipinski definition) is 5. The summed E-state index contributed by atoms with van der Waals surface area (Å²) in [7, 11) is -7.84. The molecule has 0 radical (unpaired) electrons. The normalized spacial score (nSPS) is 17.1. The molecule has 0 amide bonds. The molecule has 6 nitrogen and oxygen atoms in total. The minimum Gasteiger partial charge on any atom is -0.741 e. The van der Waals surface area contributed by atoms with Gasteiger partial charge in [0.1, 0.15) is 0 Å². The van der Waals surface area contributed by atoms with Crippen molar-refractivity contribution in [2.75, 3.05) is 6.61 Å². The van der Waals surface area contributed by atoms with Gasteiger partial charge in [-0.1, -0.05) is 20.8 Å². The second-order valence-electron chi connectivity index (χ2n) is 6.68. The third kappa shape index (κ3) is 7.08. The van der Waals surface area contributed by atoms with Crippen molar-refractivity contribution in [2.24, 2.45) is 0 Å². The minimum atomic E-state index is -6.09. The number of halogens is 3. The van der Waals surface area contributed by atoms with E-state index in [9.17, 15) is 13.2 Å². The molecule has 0 aromatic rings. The summed E-state index contributed by atoms with van der Waals surface area (Å²) < 4.78 is 65.0. The van der Waals surface area contributed by atoms with E-state index in [1.54, 1.807) is 4.90 Å². The third-order valence-electron chi connectivity index (χ3n) is 3.60. The zero-order valence-electron chi connectivity index (χ0n) is 14.2. The van der Waals surface area contributed by atoms with Gasteiger partial charge in [-0.15, -0.1) is 0 Å². The van der Waals surface area contributed by atoms with Crippen molar-refractivity contribution in [1.82, 2.24) is 0 Å². The molecule has 1 rings (SSSR count). The lowest BCUT2D eigenvalue weighted by atomic mass is 10.2. The Balaban J connectivity index is 0.000000515. The zero-order chi connectivity index (χ0) is 18.7. The Labute approximate surface area is 136 Å². The lowest BCUT2D eigenvalue weighted by molar-refractivity contribution is -0.949. The van der Waals surface area contributed by atoms with Crippen LogP contribution in [0.4, 0.5) is 13.2 Å². The maximum atomic E-state index is 10.7. The van der Waals surface area contributed by atoms with Gasteiger partial charge in [0.15, 0.2) is 21.6 Å². The highest BCUT2D eigenvalue weighted by atomic mass is 32.2. The number of nitrogens with zero attached hydrogens (tertiary/aromatic N) is 1. The third-order valence-corrected chi connectivity index (χ3v) is 8.41. The summed E-state index contributed by atoms with van der Waals surface area (Å²) in [4.78, 5) is 7.20. The first-order valence-electron chi connectivity index (χ1n) is 6.96. The van der Waals surface area contributed by atoms with Gasteiger partial charge < -0.3 is 9.08 Å². The molecule has 0 N–H and O–H groups in total. The summed E-state index contributed by atoms with van der Waals surface area (Å²) in [5, 5.41) is 0.216. The van der Waals surface area contributed by atoms with Crippen LogP contribution in [0.25, 0.3) is 0 Å². The molecule has 0 atom stereocenters. The molecule has 138 valence electrons. The molecule has 0 aromatic heterocycles. The van der Waals surface area contributed by atoms with Gasteiger partial charge in [-0.25, -0.2) is 13.3 Å². The molecule has 11 heteroatoms. The Hall–Kier alpha value is -0.813. The topological polar surface area (TPSA) is 78.7 Å². The van der Waals surface area contributed by atoms with Gasteiger partial charge >= 0.3 is 13.8 Å². The van der Waals surface area contributed by atoms with E-state index in [0.29, 0.717) is 0 Å². The fourth-order valence-corrected chi connectivity index (χ4v) is 2.02. The summed E-state index contributed by atoms with van der Waals surface area (Å²) in [6.45, 7) is 14.0. The van der Waals surface area contributed by atoms with Crippen LogP contribution in [-0.2, 0) is 19.5 Å². The van der Waals surface area contributed by atoms with Gasteiger partial charge in [0.2, 0.25) is 0 Å². The first kappa shape index (κ1) is 22.2. The average molecular weight is 379 g/mol. The van der Waals surface area contributed by atoms with Crippen molar-refractivity contribution in [3.63, 3.8) is 0 Å². The van der Waals surface area contributed by atoms with Crippen molar-refractivity contribution >= 4 is 24.1 Å². The predicted octanol–water partition coefficient (Wildman–Crippen LogP) is 3.17. The quantitative estimate of drug-likeness (QED) is 0.418. The highest BCUT2D eigenvalue weighted by Crippen LogP contribution is 2.36. The molecular formula is C12H24F3NO5SSi. The Morgan fingerprint density at radius 3 is 2.00 bits per heavy atom. The first-order valence-corrected chi connectivity index (χ1v) is 11.3. The van der Waals surface area contributed by atoms with Crippen LogP contribution < -0.4 is 0 Å². The average Bonchev–Trinajstić information content (AvgIpc) is 2.28. The van der Waals surface area contributed by atoms with Crippen LogP contribution in [0.15, 0.2) is 0 Å². The van der Waals surface area contributed by atoms with Crippen LogP contribution in [0.5, 0.6) is 0 Å². The number of alkyl halides is 3. The van der Waals surface area contributed by atoms with Crippen LogP contribution in [-0.4, -0.2) is 44.0 Å². The van der Waals surface area contributed by atoms with E-state index in [4.69, 9.17) is 22.3 Å². The van der Waals surface area contributed by atoms with E-state index in [1.807, 2.05) is 0 Å². The van der Waals surface area contributed by atoms with Crippen molar-refractivity contribution in [3.05, 3.63) is 0 Å². The zero-order valence-corrected chi connectivity index (χ0v) is 16.0. The van der Waals surface area contributed by atoms with E-state index in [0.717, 1.165) is 19.4 Å². The maximum Gasteiger partial charge on any atom is 0.485 e. The highest BCUT2D eigenvalue weighted by molar-refractivity contribution is 7.86. The number of hydrogen-bond donors (Lipinski definition) is 0. The molecule has 1 aliphatic heterocycles. The van der Waals surface area contributed by atoms with Crippen LogP contribution in [0, 0.1) is 0 Å². The lowest BCUT2D eigenvalue weighted by Gasteiger charge is -2.31. The molecular weight excluding hydrogens is 355 g/mol. The molecule has 23 heavy (non-hydrogen) atoms. The van der Waals surface area contributed by atoms with Gasteiger partial charge in [-0.05, 0) is 24.6 Å². The van der Waals surface area contributed by atoms with Crippen molar-refractivity contribution in [3.8, 4) is 0 Å². The molecule has 1 aliphatic rings. The van der Waals surface area contributed by atoms with Gasteiger partial charge in [-0.2, -0.15) is 13.2 Å². The van der Waals surface area contributed by atoms with E-state index in [2.05, 4.69) is 40.8 Å². The Bertz CT molecular complexity index is 538. The van der Waals surface area contributed by atoms with Crippen molar-refractivity contribution in [1.29, 1.82) is 0 Å². The van der Waals surface area contributed by atoms with E-state index in [-0.39, 0.29) is 5.04 Å². The predicted molar refractivity (Wildman–Crippen MR) is 80.2 cm³/mol. The van der Waals surface area contributed by atoms with Crippen LogP contribution in [0.1, 0.15) is 40.5 Å². The molecule has 1 heterocycles. The monoisotopic (exact) mass is 379 g/mol. The summed E-state index contributed by atoms with van der Waals surface area (Å²) in [6.07, 6.45) is 2.18. The summed E-state index contributed by atoms with van der Waals surface area (Å²) in [5.74, 6) is 0. The standard InChI is InChI=1S/C11H24NO2Si.CHF3O3S/c1-10-8-7-9-13-12(10)14-15(5,6)11(2,3)4;2-1(3,4)8(5,6)7/h7-9H2,1-6H3;(H,5,6,7)/q+1;/p-1. The van der Waals surface area contributed by atoms with E-state index in [1.165, 1.54) is 5.71 Å². The molecule has 0 aromatic carbocycles. The summed E-state index contributed by atoms with van der Waals surface area (Å²) in [6, 6.07) is 0. The fourth-order valence-electron chi connectivity index (χ4n) is 1.13. The number of rotatable bonds is 2. The van der Waals surface area contributed by atoms with E-state index >= 15 is 0 Å². The second-order valence-corrected chi connectivity index (χ2v) is 12.8. The van der Waals surface area contributed by atoms with E-state index < -0.39 is 23.9 Å². The van der Waals surface area contributed by atoms with Crippen LogP contribution >= 0.6 is 0 Å². The van der Waals surface area contributed by atoms with Gasteiger partial charge in [0, 0.05) is 13.3 Å². The molecule has 0 saturated heterocycles. The minimum absolute atomic E-state index is 0.216. The summed E-state index contributed by atoms with van der Waals surface area (Å²) in [5.41, 5.74) is -4.46. The highest BCUT2D eigenvalue weighted by Gasteiger charge is 2.46. The second kappa shape index (κ2) is 7.39. The Morgan fingerprint density at radius 1 is 1.26 bits per heavy atom. The van der Waals surface area contributed by atoms with Gasteiger partial charge in [0.05, 0.1) is 0 Å². The molecule has 0 fully saturated rings. The van der Waals surface area contributed by atoms with Gasteiger partial charge in [-0.3, -0.25) is 0 Å².